The van der Waals surface area contributed by atoms with Gasteiger partial charge in [-0.3, -0.25) is 0 Å². The van der Waals surface area contributed by atoms with E-state index in [2.05, 4.69) is 5.32 Å². The van der Waals surface area contributed by atoms with Crippen LogP contribution in [0.5, 0.6) is 11.5 Å². The lowest BCUT2D eigenvalue weighted by Crippen LogP contribution is -2.05. The Morgan fingerprint density at radius 3 is 2.31 bits per heavy atom. The molecule has 0 amide bonds. The van der Waals surface area contributed by atoms with Gasteiger partial charge in [-0.2, -0.15) is 0 Å². The summed E-state index contributed by atoms with van der Waals surface area (Å²) in [6.07, 6.45) is 0. The predicted octanol–water partition coefficient (Wildman–Crippen LogP) is 7.59. The summed E-state index contributed by atoms with van der Waals surface area (Å²) >= 11 is 24.9. The molecule has 0 saturated heterocycles. The quantitative estimate of drug-likeness (QED) is 0.308. The second-order valence-corrected chi connectivity index (χ2v) is 8.31. The fraction of sp³-hybridized carbons (Fsp3) is 0.174. The smallest absolute Gasteiger partial charge is 0.337 e. The zero-order valence-electron chi connectivity index (χ0n) is 16.9. The Bertz CT molecular complexity index is 1120. The van der Waals surface area contributed by atoms with Crippen LogP contribution >= 0.6 is 46.4 Å². The van der Waals surface area contributed by atoms with Crippen LogP contribution in [0.3, 0.4) is 0 Å². The highest BCUT2D eigenvalue weighted by molar-refractivity contribution is 6.36. The van der Waals surface area contributed by atoms with E-state index in [1.54, 1.807) is 36.4 Å². The van der Waals surface area contributed by atoms with E-state index in [0.717, 1.165) is 5.56 Å². The van der Waals surface area contributed by atoms with Crippen molar-refractivity contribution in [2.45, 2.75) is 20.1 Å². The summed E-state index contributed by atoms with van der Waals surface area (Å²) in [5.74, 6) is -0.240. The van der Waals surface area contributed by atoms with Gasteiger partial charge >= 0.3 is 5.97 Å². The van der Waals surface area contributed by atoms with Crippen LogP contribution < -0.4 is 14.8 Å². The Kier molecular flexibility index (Phi) is 8.38. The predicted molar refractivity (Wildman–Crippen MR) is 129 cm³/mol. The van der Waals surface area contributed by atoms with Crippen LogP contribution in [0.1, 0.15) is 28.4 Å². The number of anilines is 1. The molecule has 0 aliphatic rings. The Balaban J connectivity index is 1.79. The molecule has 3 aromatic carbocycles. The van der Waals surface area contributed by atoms with E-state index < -0.39 is 5.97 Å². The van der Waals surface area contributed by atoms with Gasteiger partial charge in [0.2, 0.25) is 0 Å². The number of ether oxygens (including phenoxy) is 2. The lowest BCUT2D eigenvalue weighted by molar-refractivity contribution is 0.0697. The van der Waals surface area contributed by atoms with Crippen molar-refractivity contribution in [3.8, 4) is 11.5 Å². The number of benzene rings is 3. The number of hydrogen-bond donors (Lipinski definition) is 2. The third-order valence-corrected chi connectivity index (χ3v) is 5.80. The molecule has 0 bridgehead atoms. The van der Waals surface area contributed by atoms with Crippen molar-refractivity contribution >= 4 is 58.1 Å². The molecular weight excluding hydrogens is 496 g/mol. The molecule has 168 valence electrons. The molecule has 0 aromatic heterocycles. The fourth-order valence-corrected chi connectivity index (χ4v) is 3.94. The van der Waals surface area contributed by atoms with Gasteiger partial charge < -0.3 is 19.9 Å². The van der Waals surface area contributed by atoms with Crippen molar-refractivity contribution in [3.63, 3.8) is 0 Å². The largest absolute Gasteiger partial charge is 0.490 e. The molecule has 0 heterocycles. The van der Waals surface area contributed by atoms with Crippen molar-refractivity contribution in [3.05, 3.63) is 85.3 Å². The Labute approximate surface area is 205 Å². The van der Waals surface area contributed by atoms with Gasteiger partial charge in [0, 0.05) is 27.8 Å². The number of rotatable bonds is 9. The molecule has 3 rings (SSSR count). The zero-order valence-corrected chi connectivity index (χ0v) is 19.9. The van der Waals surface area contributed by atoms with Gasteiger partial charge in [-0.1, -0.05) is 52.5 Å². The molecule has 3 aromatic rings. The standard InChI is InChI=1S/C23H19Cl4NO4/c1-2-31-21-9-13(11-28-14-6-7-19(26)15(10-14)23(29)30)8-20(27)22(21)32-12-16-17(24)4-3-5-18(16)25/h3-10,28H,2,11-12H2,1H3,(H,29,30). The van der Waals surface area contributed by atoms with Gasteiger partial charge in [0.25, 0.3) is 0 Å². The second-order valence-electron chi connectivity index (χ2n) is 6.68. The highest BCUT2D eigenvalue weighted by Gasteiger charge is 2.15. The number of carboxylic acids is 1. The van der Waals surface area contributed by atoms with E-state index in [1.165, 1.54) is 12.1 Å². The van der Waals surface area contributed by atoms with Gasteiger partial charge in [-0.15, -0.1) is 0 Å². The second kappa shape index (κ2) is 11.0. The van der Waals surface area contributed by atoms with E-state index in [9.17, 15) is 9.90 Å². The monoisotopic (exact) mass is 513 g/mol. The first kappa shape index (κ1) is 24.3. The SMILES string of the molecule is CCOc1cc(CNc2ccc(Cl)c(C(=O)O)c2)cc(Cl)c1OCc1c(Cl)cccc1Cl. The summed E-state index contributed by atoms with van der Waals surface area (Å²) < 4.78 is 11.6. The van der Waals surface area contributed by atoms with Gasteiger partial charge in [-0.05, 0) is 55.0 Å². The van der Waals surface area contributed by atoms with Crippen LogP contribution in [0.2, 0.25) is 20.1 Å². The van der Waals surface area contributed by atoms with Crippen LogP contribution in [0.25, 0.3) is 0 Å². The minimum Gasteiger partial charge on any atom is -0.490 e. The average molecular weight is 515 g/mol. The molecule has 32 heavy (non-hydrogen) atoms. The van der Waals surface area contributed by atoms with Crippen LogP contribution in [0, 0.1) is 0 Å². The van der Waals surface area contributed by atoms with Gasteiger partial charge in [0.1, 0.15) is 6.61 Å². The summed E-state index contributed by atoms with van der Waals surface area (Å²) in [5.41, 5.74) is 2.09. The summed E-state index contributed by atoms with van der Waals surface area (Å²) in [4.78, 5) is 11.3. The number of aromatic carboxylic acids is 1. The lowest BCUT2D eigenvalue weighted by atomic mass is 10.1. The van der Waals surface area contributed by atoms with Gasteiger partial charge in [-0.25, -0.2) is 4.79 Å². The molecule has 0 fully saturated rings. The van der Waals surface area contributed by atoms with E-state index in [1.807, 2.05) is 6.92 Å². The molecule has 0 aliphatic heterocycles. The highest BCUT2D eigenvalue weighted by atomic mass is 35.5. The fourth-order valence-electron chi connectivity index (χ4n) is 2.94. The summed E-state index contributed by atoms with van der Waals surface area (Å²) in [7, 11) is 0. The van der Waals surface area contributed by atoms with Crippen molar-refractivity contribution in [2.75, 3.05) is 11.9 Å². The van der Waals surface area contributed by atoms with E-state index in [0.29, 0.717) is 51.0 Å². The number of nitrogens with one attached hydrogen (secondary N) is 1. The molecule has 0 atom stereocenters. The first-order valence-corrected chi connectivity index (χ1v) is 11.1. The Morgan fingerprint density at radius 2 is 1.66 bits per heavy atom. The number of carboxylic acid groups (broad SMARTS) is 1. The normalized spacial score (nSPS) is 10.7. The minimum atomic E-state index is -1.10. The van der Waals surface area contributed by atoms with E-state index >= 15 is 0 Å². The van der Waals surface area contributed by atoms with Crippen molar-refractivity contribution < 1.29 is 19.4 Å². The molecule has 0 radical (unpaired) electrons. The molecule has 5 nitrogen and oxygen atoms in total. The van der Waals surface area contributed by atoms with Crippen LogP contribution in [0.4, 0.5) is 5.69 Å². The molecule has 0 spiro atoms. The van der Waals surface area contributed by atoms with Gasteiger partial charge in [0.15, 0.2) is 11.5 Å². The first-order valence-electron chi connectivity index (χ1n) is 9.57. The minimum absolute atomic E-state index is 0.0201. The molecule has 0 saturated carbocycles. The zero-order chi connectivity index (χ0) is 23.3. The summed E-state index contributed by atoms with van der Waals surface area (Å²) in [5, 5.41) is 13.9. The van der Waals surface area contributed by atoms with E-state index in [4.69, 9.17) is 55.9 Å². The van der Waals surface area contributed by atoms with Crippen molar-refractivity contribution in [2.24, 2.45) is 0 Å². The molecule has 0 aliphatic carbocycles. The third kappa shape index (κ3) is 5.93. The van der Waals surface area contributed by atoms with Crippen LogP contribution in [0.15, 0.2) is 48.5 Å². The molecule has 2 N–H and O–H groups in total. The summed E-state index contributed by atoms with van der Waals surface area (Å²) in [6.45, 7) is 2.76. The van der Waals surface area contributed by atoms with Gasteiger partial charge in [0.05, 0.1) is 22.2 Å². The maximum absolute atomic E-state index is 11.3. The molecule has 0 unspecified atom stereocenters. The number of halogens is 4. The highest BCUT2D eigenvalue weighted by Crippen LogP contribution is 2.38. The number of carbonyl (C=O) groups is 1. The first-order chi connectivity index (χ1) is 15.3. The average Bonchev–Trinajstić information content (AvgIpc) is 2.74. The van der Waals surface area contributed by atoms with E-state index in [-0.39, 0.29) is 17.2 Å². The summed E-state index contributed by atoms with van der Waals surface area (Å²) in [6, 6.07) is 13.5. The van der Waals surface area contributed by atoms with Crippen LogP contribution in [-0.4, -0.2) is 17.7 Å². The third-order valence-electron chi connectivity index (χ3n) is 4.49. The molecular formula is C23H19Cl4NO4. The Morgan fingerprint density at radius 1 is 0.938 bits per heavy atom. The van der Waals surface area contributed by atoms with Crippen LogP contribution in [-0.2, 0) is 13.2 Å². The molecule has 9 heteroatoms. The maximum atomic E-state index is 11.3. The lowest BCUT2D eigenvalue weighted by Gasteiger charge is -2.17. The maximum Gasteiger partial charge on any atom is 0.337 e. The van der Waals surface area contributed by atoms with Crippen molar-refractivity contribution in [1.29, 1.82) is 0 Å². The van der Waals surface area contributed by atoms with Crippen molar-refractivity contribution in [1.82, 2.24) is 0 Å². The number of hydrogen-bond acceptors (Lipinski definition) is 4. The Hall–Kier alpha value is -2.31. The topological polar surface area (TPSA) is 67.8 Å².